The molecule has 5 nitrogen and oxygen atoms in total. The van der Waals surface area contributed by atoms with Gasteiger partial charge in [0, 0.05) is 5.13 Å². The van der Waals surface area contributed by atoms with Crippen LogP contribution in [0.25, 0.3) is 4.72 Å². The third kappa shape index (κ3) is 3.64. The minimum atomic E-state index is -5.50. The number of aromatic nitrogens is 2. The minimum Gasteiger partial charge on any atom is -0.342 e. The molecule has 1 aromatic heterocycles. The van der Waals surface area contributed by atoms with Gasteiger partial charge < -0.3 is 9.82 Å². The van der Waals surface area contributed by atoms with Gasteiger partial charge in [-0.1, -0.05) is 0 Å². The summed E-state index contributed by atoms with van der Waals surface area (Å²) in [5.74, 6) is 0. The van der Waals surface area contributed by atoms with Gasteiger partial charge in [0.15, 0.2) is 0 Å². The van der Waals surface area contributed by atoms with Gasteiger partial charge in [-0.3, -0.25) is 5.10 Å². The van der Waals surface area contributed by atoms with Crippen molar-refractivity contribution < 1.29 is 40.4 Å². The molecule has 0 atom stereocenters. The van der Waals surface area contributed by atoms with E-state index in [0.717, 1.165) is 0 Å². The maximum atomic E-state index is 11.8. The molecule has 1 aromatic rings. The summed E-state index contributed by atoms with van der Waals surface area (Å²) in [5.41, 5.74) is -5.40. The smallest absolute Gasteiger partial charge is 0.342 e. The van der Waals surface area contributed by atoms with Crippen LogP contribution in [0.1, 0.15) is 5.01 Å². The van der Waals surface area contributed by atoms with E-state index in [1.807, 2.05) is 0 Å². The molecule has 0 aliphatic carbocycles. The van der Waals surface area contributed by atoms with E-state index in [2.05, 4.69) is 14.9 Å². The molecule has 0 spiro atoms. The van der Waals surface area contributed by atoms with Gasteiger partial charge in [-0.25, -0.2) is 8.42 Å². The molecule has 0 radical (unpaired) electrons. The predicted molar refractivity (Wildman–Crippen MR) is 42.6 cm³/mol. The van der Waals surface area contributed by atoms with E-state index in [-0.39, 0.29) is 18.9 Å². The van der Waals surface area contributed by atoms with Crippen molar-refractivity contribution in [3.05, 3.63) is 9.73 Å². The van der Waals surface area contributed by atoms with Crippen LogP contribution in [0.3, 0.4) is 0 Å². The quantitative estimate of drug-likeness (QED) is 0.614. The Labute approximate surface area is 99.3 Å². The average molecular weight is 253 g/mol. The zero-order chi connectivity index (χ0) is 11.0. The fourth-order valence-corrected chi connectivity index (χ4v) is 1.69. The van der Waals surface area contributed by atoms with Crippen LogP contribution in [0.15, 0.2) is 0 Å². The average Bonchev–Trinajstić information content (AvgIpc) is 2.31. The molecule has 0 bridgehead atoms. The Morgan fingerprint density at radius 3 is 2.20 bits per heavy atom. The van der Waals surface area contributed by atoms with E-state index >= 15 is 0 Å². The predicted octanol–water partition coefficient (Wildman–Crippen LogP) is -1.29. The molecule has 0 saturated carbocycles. The van der Waals surface area contributed by atoms with Crippen LogP contribution in [0, 0.1) is 6.92 Å². The zero-order valence-electron chi connectivity index (χ0n) is 7.61. The van der Waals surface area contributed by atoms with E-state index in [0.29, 0.717) is 16.3 Å². The van der Waals surface area contributed by atoms with Crippen molar-refractivity contribution in [2.24, 2.45) is 0 Å². The zero-order valence-corrected chi connectivity index (χ0v) is 9.24. The van der Waals surface area contributed by atoms with Crippen LogP contribution in [0.4, 0.5) is 18.3 Å². The van der Waals surface area contributed by atoms with Gasteiger partial charge in [-0.05, 0) is 6.92 Å². The summed E-state index contributed by atoms with van der Waals surface area (Å²) in [4.78, 5) is 0. The number of hydrogen-bond acceptors (Lipinski definition) is 5. The number of rotatable bonds is 2. The summed E-state index contributed by atoms with van der Waals surface area (Å²) in [6.07, 6.45) is 0. The monoisotopic (exact) mass is 253 g/mol. The summed E-state index contributed by atoms with van der Waals surface area (Å²) >= 11 is 0.663. The molecule has 1 rings (SSSR count). The Hall–Kier alpha value is -0.303. The number of halogens is 3. The number of alkyl halides is 3. The van der Waals surface area contributed by atoms with Gasteiger partial charge >= 0.3 is 24.4 Å². The second kappa shape index (κ2) is 4.69. The fourth-order valence-electron chi connectivity index (χ4n) is 0.478. The Bertz CT molecular complexity index is 429. The molecular weight excluding hydrogens is 250 g/mol. The molecule has 0 aromatic carbocycles. The summed E-state index contributed by atoms with van der Waals surface area (Å²) < 4.78 is 58.8. The summed E-state index contributed by atoms with van der Waals surface area (Å²) in [6, 6.07) is 0. The van der Waals surface area contributed by atoms with Crippen molar-refractivity contribution in [2.75, 3.05) is 0 Å². The van der Waals surface area contributed by atoms with E-state index in [1.54, 1.807) is 0 Å². The van der Waals surface area contributed by atoms with Crippen LogP contribution >= 0.6 is 11.3 Å². The van der Waals surface area contributed by atoms with Crippen molar-refractivity contribution in [2.45, 2.75) is 12.4 Å². The van der Waals surface area contributed by atoms with Gasteiger partial charge in [-0.15, -0.1) is 11.3 Å². The first-order chi connectivity index (χ1) is 6.22. The Kier molecular flexibility index (Phi) is 4.60. The van der Waals surface area contributed by atoms with E-state index in [1.165, 1.54) is 6.92 Å². The molecule has 80 valence electrons. The fraction of sp³-hybridized carbons (Fsp3) is 0.500. The minimum absolute atomic E-state index is 0. The van der Waals surface area contributed by atoms with Crippen molar-refractivity contribution in [3.8, 4) is 0 Å². The first-order valence-electron chi connectivity index (χ1n) is 3.07. The number of aryl methyl sites for hydroxylation is 1. The molecule has 0 amide bonds. The third-order valence-corrected chi connectivity index (χ3v) is 2.85. The second-order valence-corrected chi connectivity index (χ2v) is 4.87. The first-order valence-corrected chi connectivity index (χ1v) is 5.32. The van der Waals surface area contributed by atoms with Crippen molar-refractivity contribution in [1.82, 2.24) is 10.2 Å². The molecule has 0 aliphatic rings. The standard InChI is InChI=1S/C4H3F3N3O2S2.Li/c1-2-8-9-3(13-2)10-14(11,12)4(5,6)7;/h1H3;/q-1;+1. The Morgan fingerprint density at radius 1 is 1.33 bits per heavy atom. The molecule has 0 fully saturated rings. The maximum absolute atomic E-state index is 11.8. The van der Waals surface area contributed by atoms with Gasteiger partial charge in [0.25, 0.3) is 10.0 Å². The number of nitrogens with zero attached hydrogens (tertiary/aromatic N) is 3. The van der Waals surface area contributed by atoms with Crippen LogP contribution in [0.2, 0.25) is 0 Å². The van der Waals surface area contributed by atoms with Gasteiger partial charge in [0.05, 0.1) is 5.01 Å². The largest absolute Gasteiger partial charge is 1.00 e. The van der Waals surface area contributed by atoms with Crippen molar-refractivity contribution >= 4 is 26.5 Å². The molecular formula is C4H3F3LiN3O2S2. The SMILES string of the molecule is Cc1nnc([N-]S(=O)(=O)C(F)(F)F)s1.[Li+]. The topological polar surface area (TPSA) is 74.0 Å². The third-order valence-electron chi connectivity index (χ3n) is 1.01. The van der Waals surface area contributed by atoms with Crippen LogP contribution in [-0.2, 0) is 10.0 Å². The Balaban J connectivity index is 0.00000196. The molecule has 11 heteroatoms. The summed E-state index contributed by atoms with van der Waals surface area (Å²) in [6.45, 7) is 1.47. The van der Waals surface area contributed by atoms with Crippen molar-refractivity contribution in [1.29, 1.82) is 0 Å². The number of hydrogen-bond donors (Lipinski definition) is 0. The first kappa shape index (κ1) is 14.7. The Morgan fingerprint density at radius 2 is 1.87 bits per heavy atom. The normalized spacial score (nSPS) is 12.0. The summed E-state index contributed by atoms with van der Waals surface area (Å²) in [7, 11) is -5.50. The molecule has 1 heterocycles. The summed E-state index contributed by atoms with van der Waals surface area (Å²) in [5, 5.41) is 6.27. The van der Waals surface area contributed by atoms with Gasteiger partial charge in [0.2, 0.25) is 0 Å². The van der Waals surface area contributed by atoms with Crippen molar-refractivity contribution in [3.63, 3.8) is 0 Å². The molecule has 0 N–H and O–H groups in total. The molecule has 0 saturated heterocycles. The molecule has 15 heavy (non-hydrogen) atoms. The molecule has 0 unspecified atom stereocenters. The molecule has 0 aliphatic heterocycles. The van der Waals surface area contributed by atoms with Gasteiger partial charge in [-0.2, -0.15) is 13.2 Å². The maximum Gasteiger partial charge on any atom is 1.00 e. The van der Waals surface area contributed by atoms with Crippen LogP contribution in [0.5, 0.6) is 0 Å². The van der Waals surface area contributed by atoms with E-state index in [9.17, 15) is 21.6 Å². The van der Waals surface area contributed by atoms with E-state index in [4.69, 9.17) is 0 Å². The number of sulfonamides is 1. The van der Waals surface area contributed by atoms with Crippen LogP contribution < -0.4 is 18.9 Å². The van der Waals surface area contributed by atoms with Crippen LogP contribution in [-0.4, -0.2) is 24.1 Å². The second-order valence-electron chi connectivity index (χ2n) is 2.12. The van der Waals surface area contributed by atoms with E-state index < -0.39 is 20.7 Å². The van der Waals surface area contributed by atoms with Gasteiger partial charge in [0.1, 0.15) is 0 Å².